The first-order valence-corrected chi connectivity index (χ1v) is 8.25. The third-order valence-electron chi connectivity index (χ3n) is 3.07. The minimum Gasteiger partial charge on any atom is -0.486 e. The normalized spacial score (nSPS) is 13.3. The van der Waals surface area contributed by atoms with E-state index in [1.807, 2.05) is 13.0 Å². The fourth-order valence-electron chi connectivity index (χ4n) is 2.07. The van der Waals surface area contributed by atoms with Crippen LogP contribution < -0.4 is 9.47 Å². The molecule has 2 heterocycles. The van der Waals surface area contributed by atoms with E-state index >= 15 is 0 Å². The van der Waals surface area contributed by atoms with Crippen LogP contribution in [0.2, 0.25) is 10.2 Å². The maximum atomic E-state index is 6.25. The van der Waals surface area contributed by atoms with E-state index < -0.39 is 0 Å². The molecule has 21 heavy (non-hydrogen) atoms. The SMILES string of the molecule is CCc1nc(-c2cc(Cl)c3c(c2)OCCO3)nc(Cl)c1I. The summed E-state index contributed by atoms with van der Waals surface area (Å²) >= 11 is 14.6. The van der Waals surface area contributed by atoms with Crippen molar-refractivity contribution in [2.24, 2.45) is 0 Å². The number of hydrogen-bond acceptors (Lipinski definition) is 4. The number of hydrogen-bond donors (Lipinski definition) is 0. The first kappa shape index (κ1) is 15.1. The number of aromatic nitrogens is 2. The molecule has 1 aliphatic rings. The second kappa shape index (κ2) is 6.14. The van der Waals surface area contributed by atoms with Gasteiger partial charge in [0.2, 0.25) is 0 Å². The Morgan fingerprint density at radius 1 is 1.19 bits per heavy atom. The molecule has 7 heteroatoms. The van der Waals surface area contributed by atoms with Crippen LogP contribution in [-0.4, -0.2) is 23.2 Å². The van der Waals surface area contributed by atoms with Crippen LogP contribution in [0.1, 0.15) is 12.6 Å². The van der Waals surface area contributed by atoms with Crippen LogP contribution >= 0.6 is 45.8 Å². The molecule has 0 bridgehead atoms. The van der Waals surface area contributed by atoms with Crippen LogP contribution in [0.25, 0.3) is 11.4 Å². The lowest BCUT2D eigenvalue weighted by Crippen LogP contribution is -2.15. The summed E-state index contributed by atoms with van der Waals surface area (Å²) in [4.78, 5) is 8.89. The molecular weight excluding hydrogens is 426 g/mol. The molecule has 4 nitrogen and oxygen atoms in total. The zero-order valence-corrected chi connectivity index (χ0v) is 14.8. The summed E-state index contributed by atoms with van der Waals surface area (Å²) in [6.45, 7) is 3.03. The fourth-order valence-corrected chi connectivity index (χ4v) is 3.14. The third kappa shape index (κ3) is 2.91. The van der Waals surface area contributed by atoms with Gasteiger partial charge in [0.15, 0.2) is 17.3 Å². The van der Waals surface area contributed by atoms with E-state index in [2.05, 4.69) is 32.6 Å². The lowest BCUT2D eigenvalue weighted by molar-refractivity contribution is 0.172. The highest BCUT2D eigenvalue weighted by Crippen LogP contribution is 2.40. The molecule has 1 aromatic carbocycles. The molecule has 110 valence electrons. The van der Waals surface area contributed by atoms with E-state index in [0.29, 0.717) is 40.7 Å². The first-order chi connectivity index (χ1) is 10.1. The summed E-state index contributed by atoms with van der Waals surface area (Å²) in [7, 11) is 0. The summed E-state index contributed by atoms with van der Waals surface area (Å²) < 4.78 is 12.0. The fraction of sp³-hybridized carbons (Fsp3) is 0.286. The number of halogens is 3. The summed E-state index contributed by atoms with van der Waals surface area (Å²) in [5, 5.41) is 0.932. The van der Waals surface area contributed by atoms with Crippen LogP contribution in [0.4, 0.5) is 0 Å². The zero-order valence-electron chi connectivity index (χ0n) is 11.1. The van der Waals surface area contributed by atoms with Crippen molar-refractivity contribution < 1.29 is 9.47 Å². The monoisotopic (exact) mass is 436 g/mol. The van der Waals surface area contributed by atoms with Crippen LogP contribution in [0.3, 0.4) is 0 Å². The number of benzene rings is 1. The summed E-state index contributed by atoms with van der Waals surface area (Å²) in [6.07, 6.45) is 0.784. The van der Waals surface area contributed by atoms with Crippen LogP contribution in [-0.2, 0) is 6.42 Å². The highest BCUT2D eigenvalue weighted by Gasteiger charge is 2.19. The Balaban J connectivity index is 2.13. The van der Waals surface area contributed by atoms with Gasteiger partial charge in [-0.1, -0.05) is 30.1 Å². The standard InChI is InChI=1S/C14H11Cl2IN2O2/c1-2-9-11(17)13(16)19-14(18-9)7-5-8(15)12-10(6-7)20-3-4-21-12/h5-6H,2-4H2,1H3. The van der Waals surface area contributed by atoms with Gasteiger partial charge < -0.3 is 9.47 Å². The van der Waals surface area contributed by atoms with Crippen molar-refractivity contribution >= 4 is 45.8 Å². The Hall–Kier alpha value is -0.790. The molecule has 0 radical (unpaired) electrons. The number of fused-ring (bicyclic) bond motifs is 1. The van der Waals surface area contributed by atoms with Gasteiger partial charge in [-0.2, -0.15) is 0 Å². The molecule has 3 rings (SSSR count). The predicted molar refractivity (Wildman–Crippen MR) is 90.6 cm³/mol. The quantitative estimate of drug-likeness (QED) is 0.517. The van der Waals surface area contributed by atoms with Gasteiger partial charge >= 0.3 is 0 Å². The summed E-state index contributed by atoms with van der Waals surface area (Å²) in [5.41, 5.74) is 1.67. The topological polar surface area (TPSA) is 44.2 Å². The number of aryl methyl sites for hydroxylation is 1. The molecular formula is C14H11Cl2IN2O2. The Morgan fingerprint density at radius 3 is 2.71 bits per heavy atom. The highest BCUT2D eigenvalue weighted by molar-refractivity contribution is 14.1. The van der Waals surface area contributed by atoms with Gasteiger partial charge in [0.05, 0.1) is 14.3 Å². The number of rotatable bonds is 2. The van der Waals surface area contributed by atoms with E-state index in [1.54, 1.807) is 6.07 Å². The van der Waals surface area contributed by atoms with Gasteiger partial charge in [-0.15, -0.1) is 0 Å². The van der Waals surface area contributed by atoms with E-state index in [1.165, 1.54) is 0 Å². The minimum atomic E-state index is 0.448. The average molecular weight is 437 g/mol. The van der Waals surface area contributed by atoms with E-state index in [9.17, 15) is 0 Å². The average Bonchev–Trinajstić information content (AvgIpc) is 2.50. The summed E-state index contributed by atoms with van der Waals surface area (Å²) in [6, 6.07) is 3.60. The predicted octanol–water partition coefficient (Wildman–Crippen LogP) is 4.39. The number of nitrogens with zero attached hydrogens (tertiary/aromatic N) is 2. The van der Waals surface area contributed by atoms with Crippen molar-refractivity contribution in [3.05, 3.63) is 31.6 Å². The van der Waals surface area contributed by atoms with Gasteiger partial charge in [0.25, 0.3) is 0 Å². The molecule has 0 atom stereocenters. The van der Waals surface area contributed by atoms with Crippen LogP contribution in [0.15, 0.2) is 12.1 Å². The molecule has 0 saturated heterocycles. The lowest BCUT2D eigenvalue weighted by atomic mass is 10.1. The van der Waals surface area contributed by atoms with Crippen molar-refractivity contribution in [1.82, 2.24) is 9.97 Å². The summed E-state index contributed by atoms with van der Waals surface area (Å²) in [5.74, 6) is 1.72. The maximum Gasteiger partial charge on any atom is 0.179 e. The van der Waals surface area contributed by atoms with Crippen LogP contribution in [0, 0.1) is 3.57 Å². The maximum absolute atomic E-state index is 6.25. The second-order valence-electron chi connectivity index (χ2n) is 4.43. The van der Waals surface area contributed by atoms with Gasteiger partial charge in [0, 0.05) is 5.56 Å². The van der Waals surface area contributed by atoms with Crippen LogP contribution in [0.5, 0.6) is 11.5 Å². The van der Waals surface area contributed by atoms with E-state index in [0.717, 1.165) is 21.2 Å². The largest absolute Gasteiger partial charge is 0.486 e. The van der Waals surface area contributed by atoms with Crippen molar-refractivity contribution in [3.63, 3.8) is 0 Å². The Bertz CT molecular complexity index is 710. The molecule has 0 amide bonds. The van der Waals surface area contributed by atoms with Gasteiger partial charge in [0.1, 0.15) is 18.4 Å². The van der Waals surface area contributed by atoms with E-state index in [4.69, 9.17) is 32.7 Å². The van der Waals surface area contributed by atoms with Gasteiger partial charge in [-0.05, 0) is 41.1 Å². The first-order valence-electron chi connectivity index (χ1n) is 6.41. The molecule has 1 aliphatic heterocycles. The molecule has 0 N–H and O–H groups in total. The van der Waals surface area contributed by atoms with Gasteiger partial charge in [-0.25, -0.2) is 9.97 Å². The molecule has 1 aromatic heterocycles. The Kier molecular flexibility index (Phi) is 4.42. The Labute approximate surface area is 145 Å². The molecule has 2 aromatic rings. The smallest absolute Gasteiger partial charge is 0.179 e. The highest BCUT2D eigenvalue weighted by atomic mass is 127. The Morgan fingerprint density at radius 2 is 1.95 bits per heavy atom. The molecule has 0 saturated carbocycles. The molecule has 0 unspecified atom stereocenters. The molecule has 0 aliphatic carbocycles. The molecule has 0 spiro atoms. The number of ether oxygens (including phenoxy) is 2. The van der Waals surface area contributed by atoms with Crippen molar-refractivity contribution in [3.8, 4) is 22.9 Å². The minimum absolute atomic E-state index is 0.448. The van der Waals surface area contributed by atoms with Gasteiger partial charge in [-0.3, -0.25) is 0 Å². The lowest BCUT2D eigenvalue weighted by Gasteiger charge is -2.20. The zero-order chi connectivity index (χ0) is 15.0. The van der Waals surface area contributed by atoms with Crippen molar-refractivity contribution in [2.75, 3.05) is 13.2 Å². The van der Waals surface area contributed by atoms with Crippen molar-refractivity contribution in [1.29, 1.82) is 0 Å². The molecule has 0 fully saturated rings. The second-order valence-corrected chi connectivity index (χ2v) is 6.28. The third-order valence-corrected chi connectivity index (χ3v) is 5.08. The van der Waals surface area contributed by atoms with E-state index in [-0.39, 0.29) is 0 Å². The van der Waals surface area contributed by atoms with Crippen molar-refractivity contribution in [2.45, 2.75) is 13.3 Å².